The van der Waals surface area contributed by atoms with Crippen LogP contribution in [0.2, 0.25) is 0 Å². The number of nitrogens with zero attached hydrogens (tertiary/aromatic N) is 4. The van der Waals surface area contributed by atoms with Gasteiger partial charge in [-0.15, -0.1) is 5.10 Å². The molecule has 0 unspecified atom stereocenters. The number of benzene rings is 1. The van der Waals surface area contributed by atoms with Crippen molar-refractivity contribution >= 4 is 0 Å². The van der Waals surface area contributed by atoms with Crippen LogP contribution < -0.4 is 0 Å². The fraction of sp³-hybridized carbons (Fsp3) is 0.400. The summed E-state index contributed by atoms with van der Waals surface area (Å²) in [6.07, 6.45) is 0. The Labute approximate surface area is 118 Å². The van der Waals surface area contributed by atoms with Crippen LogP contribution in [0.15, 0.2) is 24.3 Å². The van der Waals surface area contributed by atoms with Crippen molar-refractivity contribution < 1.29 is 4.74 Å². The van der Waals surface area contributed by atoms with Crippen LogP contribution in [0.25, 0.3) is 0 Å². The summed E-state index contributed by atoms with van der Waals surface area (Å²) < 4.78 is 6.82. The van der Waals surface area contributed by atoms with Crippen molar-refractivity contribution in [3.05, 3.63) is 46.8 Å². The quantitative estimate of drug-likeness (QED) is 0.837. The van der Waals surface area contributed by atoms with Crippen LogP contribution in [0.5, 0.6) is 0 Å². The maximum Gasteiger partial charge on any atom is 0.188 e. The average molecular weight is 270 g/mol. The first kappa shape index (κ1) is 14.2. The lowest BCUT2D eigenvalue weighted by Gasteiger charge is -2.08. The summed E-state index contributed by atoms with van der Waals surface area (Å²) in [7, 11) is 1.59. The predicted molar refractivity (Wildman–Crippen MR) is 75.1 cm³/mol. The van der Waals surface area contributed by atoms with Gasteiger partial charge in [-0.25, -0.2) is 4.68 Å². The van der Waals surface area contributed by atoms with E-state index >= 15 is 0 Å². The fourth-order valence-electron chi connectivity index (χ4n) is 2.01. The van der Waals surface area contributed by atoms with E-state index in [4.69, 9.17) is 10.00 Å². The zero-order valence-corrected chi connectivity index (χ0v) is 12.0. The van der Waals surface area contributed by atoms with Gasteiger partial charge in [0.15, 0.2) is 5.69 Å². The molecule has 2 aromatic rings. The zero-order valence-electron chi connectivity index (χ0n) is 12.0. The summed E-state index contributed by atoms with van der Waals surface area (Å²) in [5.41, 5.74) is 3.47. The molecule has 1 aromatic heterocycles. The van der Waals surface area contributed by atoms with E-state index in [-0.39, 0.29) is 0 Å². The molecule has 5 nitrogen and oxygen atoms in total. The fourth-order valence-corrected chi connectivity index (χ4v) is 2.01. The van der Waals surface area contributed by atoms with Gasteiger partial charge in [-0.1, -0.05) is 43.3 Å². The van der Waals surface area contributed by atoms with E-state index in [2.05, 4.69) is 48.4 Å². The smallest absolute Gasteiger partial charge is 0.188 e. The molecule has 0 aliphatic heterocycles. The second kappa shape index (κ2) is 6.31. The van der Waals surface area contributed by atoms with Gasteiger partial charge in [-0.05, 0) is 17.0 Å². The molecule has 0 bridgehead atoms. The van der Waals surface area contributed by atoms with Gasteiger partial charge < -0.3 is 4.74 Å². The Kier molecular flexibility index (Phi) is 4.49. The molecule has 0 spiro atoms. The summed E-state index contributed by atoms with van der Waals surface area (Å²) in [6, 6.07) is 10.4. The highest BCUT2D eigenvalue weighted by molar-refractivity contribution is 5.27. The summed E-state index contributed by atoms with van der Waals surface area (Å²) in [5, 5.41) is 16.9. The van der Waals surface area contributed by atoms with Crippen molar-refractivity contribution in [2.75, 3.05) is 7.11 Å². The standard InChI is InChI=1S/C15H18N4O/c1-11(2)13-6-4-12(5-7-13)9-19-15(10-20-3)14(8-16)17-18-19/h4-7,11H,9-10H2,1-3H3. The van der Waals surface area contributed by atoms with Crippen molar-refractivity contribution in [2.24, 2.45) is 0 Å². The van der Waals surface area contributed by atoms with Crippen LogP contribution in [0.3, 0.4) is 0 Å². The highest BCUT2D eigenvalue weighted by Gasteiger charge is 2.12. The average Bonchev–Trinajstić information content (AvgIpc) is 2.82. The maximum absolute atomic E-state index is 9.00. The number of hydrogen-bond acceptors (Lipinski definition) is 4. The second-order valence-electron chi connectivity index (χ2n) is 4.98. The molecular weight excluding hydrogens is 252 g/mol. The van der Waals surface area contributed by atoms with Crippen molar-refractivity contribution in [1.29, 1.82) is 5.26 Å². The molecule has 2 rings (SSSR count). The third-order valence-corrected chi connectivity index (χ3v) is 3.20. The van der Waals surface area contributed by atoms with E-state index in [0.29, 0.717) is 30.5 Å². The number of aromatic nitrogens is 3. The minimum Gasteiger partial charge on any atom is -0.378 e. The molecule has 0 atom stereocenters. The molecule has 0 saturated heterocycles. The Morgan fingerprint density at radius 1 is 1.30 bits per heavy atom. The van der Waals surface area contributed by atoms with Crippen LogP contribution in [-0.4, -0.2) is 22.1 Å². The molecule has 0 aliphatic carbocycles. The second-order valence-corrected chi connectivity index (χ2v) is 4.98. The third-order valence-electron chi connectivity index (χ3n) is 3.20. The molecule has 0 radical (unpaired) electrons. The Balaban J connectivity index is 2.21. The molecule has 1 aromatic carbocycles. The van der Waals surface area contributed by atoms with Crippen LogP contribution in [0.4, 0.5) is 0 Å². The topological polar surface area (TPSA) is 63.7 Å². The molecular formula is C15H18N4O. The SMILES string of the molecule is COCc1c(C#N)nnn1Cc1ccc(C(C)C)cc1. The minimum atomic E-state index is 0.325. The number of hydrogen-bond donors (Lipinski definition) is 0. The van der Waals surface area contributed by atoms with E-state index in [1.807, 2.05) is 6.07 Å². The first-order valence-electron chi connectivity index (χ1n) is 6.56. The highest BCUT2D eigenvalue weighted by atomic mass is 16.5. The van der Waals surface area contributed by atoms with E-state index in [1.165, 1.54) is 5.56 Å². The van der Waals surface area contributed by atoms with Gasteiger partial charge in [0.25, 0.3) is 0 Å². The lowest BCUT2D eigenvalue weighted by Crippen LogP contribution is -2.08. The highest BCUT2D eigenvalue weighted by Crippen LogP contribution is 2.16. The molecule has 0 N–H and O–H groups in total. The van der Waals surface area contributed by atoms with Gasteiger partial charge in [0.1, 0.15) is 11.8 Å². The Morgan fingerprint density at radius 2 is 2.00 bits per heavy atom. The third kappa shape index (κ3) is 3.03. The molecule has 20 heavy (non-hydrogen) atoms. The summed E-state index contributed by atoms with van der Waals surface area (Å²) in [5.74, 6) is 0.518. The molecule has 104 valence electrons. The number of ether oxygens (including phenoxy) is 1. The first-order valence-corrected chi connectivity index (χ1v) is 6.56. The Bertz CT molecular complexity index is 608. The van der Waals surface area contributed by atoms with Crippen LogP contribution in [0.1, 0.15) is 42.3 Å². The number of rotatable bonds is 5. The normalized spacial score (nSPS) is 10.8. The van der Waals surface area contributed by atoms with Crippen molar-refractivity contribution in [2.45, 2.75) is 32.9 Å². The molecule has 0 fully saturated rings. The van der Waals surface area contributed by atoms with Gasteiger partial charge in [0, 0.05) is 7.11 Å². The zero-order chi connectivity index (χ0) is 14.5. The Hall–Kier alpha value is -2.19. The summed E-state index contributed by atoms with van der Waals surface area (Å²) in [6.45, 7) is 5.26. The first-order chi connectivity index (χ1) is 9.65. The molecule has 5 heteroatoms. The lowest BCUT2D eigenvalue weighted by atomic mass is 10.0. The number of methoxy groups -OCH3 is 1. The molecule has 0 saturated carbocycles. The van der Waals surface area contributed by atoms with Gasteiger partial charge in [0.2, 0.25) is 0 Å². The van der Waals surface area contributed by atoms with Crippen molar-refractivity contribution in [3.8, 4) is 6.07 Å². The minimum absolute atomic E-state index is 0.325. The molecule has 0 amide bonds. The van der Waals surface area contributed by atoms with Crippen molar-refractivity contribution in [1.82, 2.24) is 15.0 Å². The molecule has 1 heterocycles. The van der Waals surface area contributed by atoms with Crippen LogP contribution >= 0.6 is 0 Å². The summed E-state index contributed by atoms with van der Waals surface area (Å²) >= 11 is 0. The van der Waals surface area contributed by atoms with E-state index < -0.39 is 0 Å². The monoisotopic (exact) mass is 270 g/mol. The maximum atomic E-state index is 9.00. The molecule has 0 aliphatic rings. The van der Waals surface area contributed by atoms with Gasteiger partial charge in [-0.3, -0.25) is 0 Å². The predicted octanol–water partition coefficient (Wildman–Crippen LogP) is 2.47. The van der Waals surface area contributed by atoms with Gasteiger partial charge >= 0.3 is 0 Å². The van der Waals surface area contributed by atoms with Gasteiger partial charge in [-0.2, -0.15) is 5.26 Å². The number of nitriles is 1. The largest absolute Gasteiger partial charge is 0.378 e. The lowest BCUT2D eigenvalue weighted by molar-refractivity contribution is 0.177. The van der Waals surface area contributed by atoms with Gasteiger partial charge in [0.05, 0.1) is 13.2 Å². The van der Waals surface area contributed by atoms with E-state index in [9.17, 15) is 0 Å². The van der Waals surface area contributed by atoms with E-state index in [0.717, 1.165) is 5.56 Å². The van der Waals surface area contributed by atoms with E-state index in [1.54, 1.807) is 11.8 Å². The Morgan fingerprint density at radius 3 is 2.55 bits per heavy atom. The van der Waals surface area contributed by atoms with Crippen LogP contribution in [0, 0.1) is 11.3 Å². The van der Waals surface area contributed by atoms with Crippen LogP contribution in [-0.2, 0) is 17.9 Å². The van der Waals surface area contributed by atoms with Crippen molar-refractivity contribution in [3.63, 3.8) is 0 Å². The summed E-state index contributed by atoms with van der Waals surface area (Å²) in [4.78, 5) is 0.